The molecule has 2 aromatic heterocycles. The van der Waals surface area contributed by atoms with Gasteiger partial charge in [-0.2, -0.15) is 0 Å². The van der Waals surface area contributed by atoms with E-state index in [1.54, 1.807) is 24.4 Å². The van der Waals surface area contributed by atoms with Gasteiger partial charge in [0.25, 0.3) is 0 Å². The number of amides is 2. The highest BCUT2D eigenvalue weighted by atomic mass is 19.4. The fourth-order valence-corrected chi connectivity index (χ4v) is 3.87. The Balaban J connectivity index is 1.35. The molecule has 1 aliphatic rings. The highest BCUT2D eigenvalue weighted by Crippen LogP contribution is 2.48. The van der Waals surface area contributed by atoms with Crippen molar-refractivity contribution >= 4 is 23.2 Å². The molecule has 4 rings (SSSR count). The van der Waals surface area contributed by atoms with E-state index in [0.717, 1.165) is 30.5 Å². The van der Waals surface area contributed by atoms with Crippen LogP contribution in [0.5, 0.6) is 5.75 Å². The quantitative estimate of drug-likeness (QED) is 0.332. The molecule has 188 valence electrons. The van der Waals surface area contributed by atoms with Crippen molar-refractivity contribution in [2.45, 2.75) is 38.0 Å². The molecule has 0 radical (unpaired) electrons. The van der Waals surface area contributed by atoms with Gasteiger partial charge in [-0.3, -0.25) is 15.7 Å². The first-order chi connectivity index (χ1) is 17.1. The molecule has 1 saturated carbocycles. The van der Waals surface area contributed by atoms with E-state index < -0.39 is 12.4 Å². The number of alkyl halides is 3. The monoisotopic (exact) mass is 498 g/mol. The summed E-state index contributed by atoms with van der Waals surface area (Å²) in [5, 5.41) is 13.9. The van der Waals surface area contributed by atoms with Gasteiger partial charge in [-0.05, 0) is 49.1 Å². The van der Waals surface area contributed by atoms with Crippen LogP contribution in [0.1, 0.15) is 42.1 Å². The second kappa shape index (κ2) is 9.84. The third-order valence-electron chi connectivity index (χ3n) is 6.06. The number of ether oxygens (including phenoxy) is 1. The number of urea groups is 1. The molecule has 1 aliphatic carbocycles. The van der Waals surface area contributed by atoms with E-state index in [-0.39, 0.29) is 22.7 Å². The third kappa shape index (κ3) is 5.91. The van der Waals surface area contributed by atoms with Gasteiger partial charge in [0.2, 0.25) is 0 Å². The fourth-order valence-electron chi connectivity index (χ4n) is 3.87. The number of carbonyl (C=O) groups is 1. The van der Waals surface area contributed by atoms with E-state index in [1.807, 2.05) is 13.0 Å². The number of nitrogens with zero attached hydrogens (tertiary/aromatic N) is 2. The Kier molecular flexibility index (Phi) is 6.82. The number of pyridine rings is 2. The number of nitrogens with two attached hydrogens (primary N) is 1. The normalized spacial score (nSPS) is 14.1. The van der Waals surface area contributed by atoms with E-state index in [4.69, 9.17) is 11.1 Å². The van der Waals surface area contributed by atoms with E-state index in [2.05, 4.69) is 25.3 Å². The van der Waals surface area contributed by atoms with Crippen molar-refractivity contribution in [1.82, 2.24) is 15.3 Å². The van der Waals surface area contributed by atoms with Crippen molar-refractivity contribution < 1.29 is 22.7 Å². The zero-order valence-electron chi connectivity index (χ0n) is 19.4. The van der Waals surface area contributed by atoms with Crippen LogP contribution in [0.3, 0.4) is 0 Å². The summed E-state index contributed by atoms with van der Waals surface area (Å²) in [5.74, 6) is -0.0632. The maximum atomic E-state index is 12.5. The summed E-state index contributed by atoms with van der Waals surface area (Å²) in [7, 11) is 0. The molecule has 0 atom stereocenters. The first-order valence-corrected chi connectivity index (χ1v) is 11.3. The lowest BCUT2D eigenvalue weighted by Crippen LogP contribution is -2.35. The van der Waals surface area contributed by atoms with Crippen LogP contribution < -0.4 is 21.1 Å². The molecule has 0 unspecified atom stereocenters. The van der Waals surface area contributed by atoms with Crippen LogP contribution in [0.4, 0.5) is 29.5 Å². The van der Waals surface area contributed by atoms with Crippen LogP contribution in [0.25, 0.3) is 0 Å². The van der Waals surface area contributed by atoms with Crippen LogP contribution in [-0.2, 0) is 11.8 Å². The molecule has 1 fully saturated rings. The average molecular weight is 499 g/mol. The highest BCUT2D eigenvalue weighted by molar-refractivity contribution is 6.13. The largest absolute Gasteiger partial charge is 0.573 e. The molecule has 1 aromatic carbocycles. The highest BCUT2D eigenvalue weighted by Gasteiger charge is 2.44. The van der Waals surface area contributed by atoms with Crippen LogP contribution in [0, 0.1) is 5.41 Å². The maximum Gasteiger partial charge on any atom is 0.573 e. The van der Waals surface area contributed by atoms with Gasteiger partial charge in [-0.15, -0.1) is 13.2 Å². The van der Waals surface area contributed by atoms with Crippen molar-refractivity contribution in [3.63, 3.8) is 0 Å². The number of hydrogen-bond acceptors (Lipinski definition) is 6. The summed E-state index contributed by atoms with van der Waals surface area (Å²) in [5.41, 5.74) is 9.09. The first-order valence-electron chi connectivity index (χ1n) is 11.3. The molecule has 2 heterocycles. The zero-order chi connectivity index (χ0) is 25.9. The van der Waals surface area contributed by atoms with Crippen molar-refractivity contribution in [2.24, 2.45) is 0 Å². The molecule has 5 N–H and O–H groups in total. The van der Waals surface area contributed by atoms with Crippen molar-refractivity contribution in [1.29, 1.82) is 5.41 Å². The predicted octanol–water partition coefficient (Wildman–Crippen LogP) is 4.79. The fraction of sp³-hybridized carbons (Fsp3) is 0.280. The predicted molar refractivity (Wildman–Crippen MR) is 129 cm³/mol. The lowest BCUT2D eigenvalue weighted by atomic mass is 9.96. The Morgan fingerprint density at radius 3 is 2.50 bits per heavy atom. The number of aromatic nitrogens is 2. The molecule has 2 amide bonds. The molecular formula is C25H25F3N6O2. The van der Waals surface area contributed by atoms with Crippen LogP contribution in [-0.4, -0.2) is 34.6 Å². The molecule has 11 heteroatoms. The van der Waals surface area contributed by atoms with Crippen LogP contribution in [0.15, 0.2) is 54.9 Å². The van der Waals surface area contributed by atoms with Gasteiger partial charge in [0.15, 0.2) is 0 Å². The van der Waals surface area contributed by atoms with Gasteiger partial charge >= 0.3 is 12.4 Å². The Hall–Kier alpha value is -4.15. The van der Waals surface area contributed by atoms with Gasteiger partial charge < -0.3 is 15.8 Å². The minimum Gasteiger partial charge on any atom is -0.406 e. The summed E-state index contributed by atoms with van der Waals surface area (Å²) >= 11 is 0. The number of hydrogen-bond donors (Lipinski definition) is 4. The third-order valence-corrected chi connectivity index (χ3v) is 6.06. The lowest BCUT2D eigenvalue weighted by Gasteiger charge is -2.18. The van der Waals surface area contributed by atoms with E-state index in [1.165, 1.54) is 24.4 Å². The van der Waals surface area contributed by atoms with Crippen LogP contribution in [0.2, 0.25) is 0 Å². The van der Waals surface area contributed by atoms with Gasteiger partial charge in [0.1, 0.15) is 11.6 Å². The number of anilines is 2. The van der Waals surface area contributed by atoms with Crippen molar-refractivity contribution in [3.8, 4) is 5.75 Å². The summed E-state index contributed by atoms with van der Waals surface area (Å²) in [6.45, 7) is 2.28. The van der Waals surface area contributed by atoms with E-state index in [0.29, 0.717) is 23.4 Å². The molecule has 8 nitrogen and oxygen atoms in total. The summed E-state index contributed by atoms with van der Waals surface area (Å²) < 4.78 is 41.0. The number of rotatable bonds is 8. The smallest absolute Gasteiger partial charge is 0.406 e. The number of nitrogen functional groups attached to an aromatic ring is 1. The minimum atomic E-state index is -4.74. The van der Waals surface area contributed by atoms with Crippen molar-refractivity contribution in [3.05, 3.63) is 77.2 Å². The Labute approximate surface area is 205 Å². The summed E-state index contributed by atoms with van der Waals surface area (Å²) in [6.07, 6.45) is 0.668. The lowest BCUT2D eigenvalue weighted by molar-refractivity contribution is -0.274. The number of nitrogens with one attached hydrogen (secondary N) is 3. The molecule has 36 heavy (non-hydrogen) atoms. The van der Waals surface area contributed by atoms with Gasteiger partial charge in [-0.1, -0.05) is 19.1 Å². The molecule has 0 bridgehead atoms. The Morgan fingerprint density at radius 1 is 1.17 bits per heavy atom. The molecular weight excluding hydrogens is 473 g/mol. The average Bonchev–Trinajstić information content (AvgIpc) is 3.63. The number of halogens is 3. The number of benzene rings is 1. The summed E-state index contributed by atoms with van der Waals surface area (Å²) in [6, 6.07) is 10.2. The standard InChI is InChI=1S/C25H25F3N6O2/c1-2-17-11-15(7-10-31-17)22(30)19-13-32-21(12-20(19)29)34-23(35)33-14-24(8-9-24)16-3-5-18(6-4-16)36-25(26,27)28/h3-7,10-13,30H,2,8-9,14H2,1H3,(H4,29,32,33,34,35). The molecule has 0 aliphatic heterocycles. The number of carbonyl (C=O) groups excluding carboxylic acids is 1. The number of aryl methyl sites for hydroxylation is 1. The van der Waals surface area contributed by atoms with Gasteiger partial charge in [-0.25, -0.2) is 9.78 Å². The van der Waals surface area contributed by atoms with Gasteiger partial charge in [0.05, 0.1) is 5.71 Å². The van der Waals surface area contributed by atoms with Crippen molar-refractivity contribution in [2.75, 3.05) is 17.6 Å². The SMILES string of the molecule is CCc1cc(C(=N)c2cnc(NC(=O)NCC3(c4ccc(OC(F)(F)F)cc4)CC3)cc2N)ccn1. The summed E-state index contributed by atoms with van der Waals surface area (Å²) in [4.78, 5) is 20.9. The second-order valence-corrected chi connectivity index (χ2v) is 8.58. The zero-order valence-corrected chi connectivity index (χ0v) is 19.4. The van der Waals surface area contributed by atoms with E-state index >= 15 is 0 Å². The topological polar surface area (TPSA) is 126 Å². The van der Waals surface area contributed by atoms with E-state index in [9.17, 15) is 18.0 Å². The Bertz CT molecular complexity index is 1270. The van der Waals surface area contributed by atoms with Gasteiger partial charge in [0, 0.05) is 52.9 Å². The molecule has 0 saturated heterocycles. The second-order valence-electron chi connectivity index (χ2n) is 8.58. The molecule has 3 aromatic rings. The Morgan fingerprint density at radius 2 is 1.89 bits per heavy atom. The maximum absolute atomic E-state index is 12.5. The first kappa shape index (κ1) is 25.0. The molecule has 0 spiro atoms. The minimum absolute atomic E-state index is 0.204. The van der Waals surface area contributed by atoms with Crippen LogP contribution >= 0.6 is 0 Å².